The van der Waals surface area contributed by atoms with E-state index >= 15 is 0 Å². The molecule has 1 aliphatic rings. The van der Waals surface area contributed by atoms with Crippen molar-refractivity contribution in [1.82, 2.24) is 16.1 Å². The van der Waals surface area contributed by atoms with Crippen molar-refractivity contribution in [1.29, 1.82) is 0 Å². The van der Waals surface area contributed by atoms with Gasteiger partial charge in [-0.15, -0.1) is 0 Å². The van der Waals surface area contributed by atoms with E-state index in [1.165, 1.54) is 19.4 Å². The van der Waals surface area contributed by atoms with E-state index in [9.17, 15) is 19.5 Å². The number of phenols is 1. The van der Waals surface area contributed by atoms with Crippen molar-refractivity contribution >= 4 is 46.7 Å². The summed E-state index contributed by atoms with van der Waals surface area (Å²) in [5, 5.41) is 18.7. The fraction of sp³-hybridized carbons (Fsp3) is 0.250. The van der Waals surface area contributed by atoms with Crippen LogP contribution < -0.4 is 25.5 Å². The van der Waals surface area contributed by atoms with Crippen LogP contribution in [0.3, 0.4) is 0 Å². The summed E-state index contributed by atoms with van der Waals surface area (Å²) in [5.41, 5.74) is 4.29. The van der Waals surface area contributed by atoms with Crippen LogP contribution in [0.4, 0.5) is 4.79 Å². The highest BCUT2D eigenvalue weighted by atomic mass is 127. The summed E-state index contributed by atoms with van der Waals surface area (Å²) in [7, 11) is 1.43. The van der Waals surface area contributed by atoms with E-state index in [-0.39, 0.29) is 30.3 Å². The Morgan fingerprint density at radius 1 is 1.22 bits per heavy atom. The lowest BCUT2D eigenvalue weighted by Crippen LogP contribution is -2.45. The van der Waals surface area contributed by atoms with Gasteiger partial charge in [0.2, 0.25) is 0 Å². The van der Waals surface area contributed by atoms with E-state index in [1.54, 1.807) is 44.2 Å². The summed E-state index contributed by atoms with van der Waals surface area (Å²) in [6, 6.07) is 8.53. The van der Waals surface area contributed by atoms with Gasteiger partial charge in [0.05, 0.1) is 35.1 Å². The van der Waals surface area contributed by atoms with Crippen LogP contribution in [0.1, 0.15) is 31.0 Å². The number of ether oxygens (including phenoxy) is 3. The molecule has 0 radical (unpaired) electrons. The molecule has 0 aliphatic carbocycles. The number of rotatable bonds is 9. The Kier molecular flexibility index (Phi) is 9.11. The molecule has 0 aromatic heterocycles. The van der Waals surface area contributed by atoms with E-state index in [0.29, 0.717) is 26.1 Å². The lowest BCUT2D eigenvalue weighted by Gasteiger charge is -2.28. The molecule has 1 atom stereocenters. The first-order chi connectivity index (χ1) is 17.2. The zero-order valence-corrected chi connectivity index (χ0v) is 21.9. The lowest BCUT2D eigenvalue weighted by atomic mass is 9.95. The van der Waals surface area contributed by atoms with Crippen molar-refractivity contribution in [2.75, 3.05) is 20.3 Å². The van der Waals surface area contributed by atoms with Crippen LogP contribution in [0, 0.1) is 3.57 Å². The van der Waals surface area contributed by atoms with Gasteiger partial charge in [0.1, 0.15) is 5.75 Å². The van der Waals surface area contributed by atoms with Gasteiger partial charge < -0.3 is 30.0 Å². The Labute approximate surface area is 221 Å². The molecule has 11 nitrogen and oxygen atoms in total. The van der Waals surface area contributed by atoms with Gasteiger partial charge in [0, 0.05) is 5.70 Å². The first kappa shape index (κ1) is 26.8. The molecule has 2 aromatic rings. The number of methoxy groups -OCH3 is 1. The van der Waals surface area contributed by atoms with Crippen LogP contribution in [-0.2, 0) is 14.3 Å². The number of nitrogens with one attached hydrogen (secondary N) is 3. The standard InChI is InChI=1S/C24H25IN4O7/c1-4-35-23(32)21-13(2)27-24(33)28-22(21)15-6-8-18(19(10-15)34-3)36-12-20(31)29-26-11-14-5-7-17(30)16(25)9-14/h5-11,22,30H,4,12H2,1-3H3,(H,29,31)(H2,27,28,33)/b26-11-/t22-/m1/s1. The topological polar surface area (TPSA) is 148 Å². The molecule has 12 heteroatoms. The van der Waals surface area contributed by atoms with Crippen LogP contribution >= 0.6 is 22.6 Å². The van der Waals surface area contributed by atoms with Crippen molar-refractivity contribution in [2.45, 2.75) is 19.9 Å². The van der Waals surface area contributed by atoms with Crippen LogP contribution in [-0.4, -0.2) is 49.6 Å². The molecule has 0 unspecified atom stereocenters. The maximum Gasteiger partial charge on any atom is 0.338 e. The van der Waals surface area contributed by atoms with Gasteiger partial charge in [-0.2, -0.15) is 5.10 Å². The fourth-order valence-electron chi connectivity index (χ4n) is 3.36. The van der Waals surface area contributed by atoms with E-state index in [4.69, 9.17) is 14.2 Å². The number of urea groups is 1. The first-order valence-corrected chi connectivity index (χ1v) is 11.9. The monoisotopic (exact) mass is 608 g/mol. The van der Waals surface area contributed by atoms with Gasteiger partial charge in [-0.1, -0.05) is 6.07 Å². The predicted molar refractivity (Wildman–Crippen MR) is 139 cm³/mol. The van der Waals surface area contributed by atoms with E-state index in [0.717, 1.165) is 0 Å². The van der Waals surface area contributed by atoms with Crippen molar-refractivity contribution in [3.63, 3.8) is 0 Å². The number of hydrazone groups is 1. The molecule has 2 aromatic carbocycles. The zero-order valence-electron chi connectivity index (χ0n) is 19.8. The number of carbonyl (C=O) groups is 3. The van der Waals surface area contributed by atoms with Crippen molar-refractivity contribution in [3.05, 3.63) is 62.4 Å². The highest BCUT2D eigenvalue weighted by Crippen LogP contribution is 2.34. The van der Waals surface area contributed by atoms with E-state index in [1.807, 2.05) is 22.6 Å². The average molecular weight is 608 g/mol. The molecule has 0 saturated heterocycles. The quantitative estimate of drug-likeness (QED) is 0.148. The number of benzene rings is 2. The third-order valence-corrected chi connectivity index (χ3v) is 5.88. The van der Waals surface area contributed by atoms with Crippen molar-refractivity contribution < 1.29 is 33.7 Å². The Bertz CT molecular complexity index is 1230. The smallest absolute Gasteiger partial charge is 0.338 e. The SMILES string of the molecule is CCOC(=O)C1=C(C)NC(=O)N[C@@H]1c1ccc(OCC(=O)N/N=C\c2ccc(O)c(I)c2)c(OC)c1. The Morgan fingerprint density at radius 3 is 2.69 bits per heavy atom. The number of hydrogen-bond acceptors (Lipinski definition) is 8. The zero-order chi connectivity index (χ0) is 26.2. The molecule has 0 saturated carbocycles. The minimum atomic E-state index is -0.763. The van der Waals surface area contributed by atoms with Crippen LogP contribution in [0.5, 0.6) is 17.2 Å². The molecule has 1 heterocycles. The number of aromatic hydroxyl groups is 1. The molecular weight excluding hydrogens is 583 g/mol. The predicted octanol–water partition coefficient (Wildman–Crippen LogP) is 2.73. The molecule has 0 spiro atoms. The highest BCUT2D eigenvalue weighted by Gasteiger charge is 2.32. The minimum Gasteiger partial charge on any atom is -0.507 e. The van der Waals surface area contributed by atoms with Gasteiger partial charge in [-0.25, -0.2) is 15.0 Å². The summed E-state index contributed by atoms with van der Waals surface area (Å²) in [6.07, 6.45) is 1.44. The number of amides is 3. The number of halogens is 1. The third kappa shape index (κ3) is 6.65. The van der Waals surface area contributed by atoms with Crippen LogP contribution in [0.2, 0.25) is 0 Å². The van der Waals surface area contributed by atoms with E-state index < -0.39 is 23.9 Å². The van der Waals surface area contributed by atoms with Gasteiger partial charge in [0.15, 0.2) is 18.1 Å². The third-order valence-electron chi connectivity index (χ3n) is 5.02. The van der Waals surface area contributed by atoms with E-state index in [2.05, 4.69) is 21.2 Å². The number of phenolic OH excluding ortho intramolecular Hbond substituents is 1. The molecule has 0 bridgehead atoms. The fourth-order valence-corrected chi connectivity index (χ4v) is 3.90. The van der Waals surface area contributed by atoms with Crippen LogP contribution in [0.15, 0.2) is 52.8 Å². The molecule has 3 amide bonds. The maximum absolute atomic E-state index is 12.5. The van der Waals surface area contributed by atoms with Gasteiger partial charge >= 0.3 is 12.0 Å². The number of hydrogen-bond donors (Lipinski definition) is 4. The number of nitrogens with zero attached hydrogens (tertiary/aromatic N) is 1. The Balaban J connectivity index is 1.68. The summed E-state index contributed by atoms with van der Waals surface area (Å²) in [4.78, 5) is 36.7. The molecule has 4 N–H and O–H groups in total. The summed E-state index contributed by atoms with van der Waals surface area (Å²) in [6.45, 7) is 3.17. The molecular formula is C24H25IN4O7. The second-order valence-corrected chi connectivity index (χ2v) is 8.66. The number of allylic oxidation sites excluding steroid dienone is 1. The van der Waals surface area contributed by atoms with Crippen LogP contribution in [0.25, 0.3) is 0 Å². The molecule has 36 heavy (non-hydrogen) atoms. The summed E-state index contributed by atoms with van der Waals surface area (Å²) < 4.78 is 16.8. The number of carbonyl (C=O) groups excluding carboxylic acids is 3. The minimum absolute atomic E-state index is 0.163. The molecule has 3 rings (SSSR count). The largest absolute Gasteiger partial charge is 0.507 e. The summed E-state index contributed by atoms with van der Waals surface area (Å²) >= 11 is 1.99. The van der Waals surface area contributed by atoms with Crippen molar-refractivity contribution in [2.24, 2.45) is 5.10 Å². The first-order valence-electron chi connectivity index (χ1n) is 10.8. The average Bonchev–Trinajstić information content (AvgIpc) is 2.84. The van der Waals surface area contributed by atoms with Gasteiger partial charge in [-0.3, -0.25) is 4.79 Å². The summed E-state index contributed by atoms with van der Waals surface area (Å²) in [5.74, 6) is -0.301. The van der Waals surface area contributed by atoms with Gasteiger partial charge in [-0.05, 0) is 77.9 Å². The Hall–Kier alpha value is -3.81. The normalized spacial score (nSPS) is 15.2. The Morgan fingerprint density at radius 2 is 2.00 bits per heavy atom. The molecule has 0 fully saturated rings. The second-order valence-electron chi connectivity index (χ2n) is 7.49. The molecule has 1 aliphatic heterocycles. The number of esters is 1. The second kappa shape index (κ2) is 12.2. The maximum atomic E-state index is 12.5. The van der Waals surface area contributed by atoms with Gasteiger partial charge in [0.25, 0.3) is 5.91 Å². The highest BCUT2D eigenvalue weighted by molar-refractivity contribution is 14.1. The lowest BCUT2D eigenvalue weighted by molar-refractivity contribution is -0.139. The van der Waals surface area contributed by atoms with Crippen molar-refractivity contribution in [3.8, 4) is 17.2 Å². The molecule has 190 valence electrons.